The average Bonchev–Trinajstić information content (AvgIpc) is 3.16. The van der Waals surface area contributed by atoms with E-state index in [-0.39, 0.29) is 23.8 Å². The number of halogens is 1. The highest BCUT2D eigenvalue weighted by molar-refractivity contribution is 9.10. The van der Waals surface area contributed by atoms with E-state index in [4.69, 9.17) is 0 Å². The number of nitrogens with zero attached hydrogens (tertiary/aromatic N) is 3. The zero-order valence-corrected chi connectivity index (χ0v) is 21.4. The van der Waals surface area contributed by atoms with Crippen molar-refractivity contribution in [3.8, 4) is 0 Å². The number of carbonyl (C=O) groups is 2. The number of fused-ring (bicyclic) bond motifs is 1. The molecule has 9 heteroatoms. The molecule has 0 spiro atoms. The molecule has 4 rings (SSSR count). The highest BCUT2D eigenvalue weighted by Gasteiger charge is 2.34. The quantitative estimate of drug-likeness (QED) is 0.274. The minimum atomic E-state index is -0.542. The zero-order valence-electron chi connectivity index (χ0n) is 19.0. The van der Waals surface area contributed by atoms with Gasteiger partial charge in [-0.15, -0.1) is 0 Å². The number of benzene rings is 2. The van der Waals surface area contributed by atoms with E-state index in [1.54, 1.807) is 23.1 Å². The van der Waals surface area contributed by atoms with Crippen LogP contribution in [0, 0.1) is 5.92 Å². The van der Waals surface area contributed by atoms with E-state index in [2.05, 4.69) is 26.3 Å². The van der Waals surface area contributed by atoms with Gasteiger partial charge in [0.2, 0.25) is 11.8 Å². The maximum absolute atomic E-state index is 13.3. The van der Waals surface area contributed by atoms with Crippen LogP contribution in [-0.4, -0.2) is 38.7 Å². The number of allylic oxidation sites excluding steroid dienone is 1. The van der Waals surface area contributed by atoms with Gasteiger partial charge >= 0.3 is 0 Å². The molecule has 34 heavy (non-hydrogen) atoms. The van der Waals surface area contributed by atoms with Crippen LogP contribution in [0.15, 0.2) is 74.6 Å². The monoisotopic (exact) mass is 540 g/mol. The first-order valence-electron chi connectivity index (χ1n) is 10.9. The van der Waals surface area contributed by atoms with Crippen LogP contribution in [0.25, 0.3) is 10.9 Å². The predicted molar refractivity (Wildman–Crippen MR) is 138 cm³/mol. The van der Waals surface area contributed by atoms with Crippen molar-refractivity contribution >= 4 is 50.4 Å². The van der Waals surface area contributed by atoms with Gasteiger partial charge in [-0.25, -0.2) is 4.98 Å². The number of carbonyl (C=O) groups excluding carboxylic acids is 2. The molecule has 1 unspecified atom stereocenters. The van der Waals surface area contributed by atoms with Gasteiger partial charge in [0.1, 0.15) is 0 Å². The molecule has 3 aromatic rings. The molecule has 2 heterocycles. The first kappa shape index (κ1) is 24.2. The zero-order chi connectivity index (χ0) is 24.2. The largest absolute Gasteiger partial charge is 0.338 e. The molecule has 1 atom stereocenters. The van der Waals surface area contributed by atoms with Crippen LogP contribution >= 0.6 is 27.7 Å². The molecule has 1 N–H and O–H groups in total. The average molecular weight is 541 g/mol. The van der Waals surface area contributed by atoms with E-state index in [1.807, 2.05) is 50.3 Å². The molecule has 1 aromatic heterocycles. The number of aromatic nitrogens is 2. The SMILES string of the molecule is CC(C)=CCSc1nc2cc(Br)ccc2c(=O)n1NC(=O)C1CC(=O)N(Cc2ccccc2)C1. The summed E-state index contributed by atoms with van der Waals surface area (Å²) in [5.41, 5.74) is 5.10. The number of likely N-dealkylation sites (tertiary alicyclic amines) is 1. The molecular formula is C25H25BrN4O3S. The Morgan fingerprint density at radius 1 is 1.21 bits per heavy atom. The minimum Gasteiger partial charge on any atom is -0.338 e. The Balaban J connectivity index is 1.57. The molecule has 1 aliphatic heterocycles. The van der Waals surface area contributed by atoms with E-state index in [9.17, 15) is 14.4 Å². The van der Waals surface area contributed by atoms with Crippen molar-refractivity contribution in [1.82, 2.24) is 14.6 Å². The van der Waals surface area contributed by atoms with E-state index in [1.165, 1.54) is 16.4 Å². The van der Waals surface area contributed by atoms with Gasteiger partial charge in [0, 0.05) is 29.7 Å². The molecule has 176 valence electrons. The van der Waals surface area contributed by atoms with Gasteiger partial charge in [-0.1, -0.05) is 69.7 Å². The summed E-state index contributed by atoms with van der Waals surface area (Å²) in [7, 11) is 0. The molecule has 1 fully saturated rings. The van der Waals surface area contributed by atoms with Crippen LogP contribution in [0.2, 0.25) is 0 Å². The lowest BCUT2D eigenvalue weighted by molar-refractivity contribution is -0.128. The van der Waals surface area contributed by atoms with Crippen molar-refractivity contribution in [1.29, 1.82) is 0 Å². The summed E-state index contributed by atoms with van der Waals surface area (Å²) in [4.78, 5) is 45.3. The van der Waals surface area contributed by atoms with E-state index < -0.39 is 5.92 Å². The van der Waals surface area contributed by atoms with Gasteiger partial charge in [-0.05, 0) is 37.6 Å². The summed E-state index contributed by atoms with van der Waals surface area (Å²) in [6, 6.07) is 14.9. The summed E-state index contributed by atoms with van der Waals surface area (Å²) in [6.45, 7) is 4.76. The summed E-state index contributed by atoms with van der Waals surface area (Å²) < 4.78 is 2.03. The second kappa shape index (κ2) is 10.6. The summed E-state index contributed by atoms with van der Waals surface area (Å²) in [6.07, 6.45) is 2.15. The number of hydrogen-bond acceptors (Lipinski definition) is 5. The normalized spacial score (nSPS) is 15.6. The van der Waals surface area contributed by atoms with Crippen LogP contribution in [0.1, 0.15) is 25.8 Å². The van der Waals surface area contributed by atoms with Gasteiger partial charge in [0.05, 0.1) is 16.8 Å². The Bertz CT molecular complexity index is 1320. The molecule has 0 aliphatic carbocycles. The molecule has 1 aliphatic rings. The third kappa shape index (κ3) is 5.59. The highest BCUT2D eigenvalue weighted by Crippen LogP contribution is 2.23. The fourth-order valence-electron chi connectivity index (χ4n) is 3.72. The molecule has 2 aromatic carbocycles. The minimum absolute atomic E-state index is 0.0732. The summed E-state index contributed by atoms with van der Waals surface area (Å²) >= 11 is 4.79. The number of hydrogen-bond donors (Lipinski definition) is 1. The van der Waals surface area contributed by atoms with Crippen molar-refractivity contribution < 1.29 is 9.59 Å². The Labute approximate surface area is 210 Å². The number of nitrogens with one attached hydrogen (secondary N) is 1. The fraction of sp³-hybridized carbons (Fsp3) is 0.280. The smallest absolute Gasteiger partial charge is 0.281 e. The van der Waals surface area contributed by atoms with E-state index in [0.717, 1.165) is 15.6 Å². The predicted octanol–water partition coefficient (Wildman–Crippen LogP) is 4.34. The number of amides is 2. The van der Waals surface area contributed by atoms with Crippen molar-refractivity contribution in [3.63, 3.8) is 0 Å². The summed E-state index contributed by atoms with van der Waals surface area (Å²) in [5.74, 6) is -0.375. The second-order valence-electron chi connectivity index (χ2n) is 8.43. The molecule has 0 bridgehead atoms. The molecular weight excluding hydrogens is 516 g/mol. The third-order valence-electron chi connectivity index (χ3n) is 5.53. The van der Waals surface area contributed by atoms with Crippen molar-refractivity contribution in [2.45, 2.75) is 32.0 Å². The number of thioether (sulfide) groups is 1. The van der Waals surface area contributed by atoms with Gasteiger partial charge in [0.25, 0.3) is 5.56 Å². The Kier molecular flexibility index (Phi) is 7.53. The van der Waals surface area contributed by atoms with Crippen LogP contribution in [0.5, 0.6) is 0 Å². The Hall–Kier alpha value is -2.91. The van der Waals surface area contributed by atoms with Gasteiger partial charge in [-0.2, -0.15) is 4.68 Å². The van der Waals surface area contributed by atoms with Crippen molar-refractivity contribution in [2.24, 2.45) is 5.92 Å². The molecule has 0 radical (unpaired) electrons. The molecule has 1 saturated heterocycles. The van der Waals surface area contributed by atoms with Crippen LogP contribution in [0.3, 0.4) is 0 Å². The first-order valence-corrected chi connectivity index (χ1v) is 12.7. The summed E-state index contributed by atoms with van der Waals surface area (Å²) in [5, 5.41) is 0.801. The van der Waals surface area contributed by atoms with Crippen molar-refractivity contribution in [2.75, 3.05) is 17.7 Å². The lowest BCUT2D eigenvalue weighted by Crippen LogP contribution is -2.39. The fourth-order valence-corrected chi connectivity index (χ4v) is 5.06. The van der Waals surface area contributed by atoms with Crippen LogP contribution in [0.4, 0.5) is 0 Å². The van der Waals surface area contributed by atoms with E-state index >= 15 is 0 Å². The lowest BCUT2D eigenvalue weighted by atomic mass is 10.1. The first-order chi connectivity index (χ1) is 16.3. The molecule has 7 nitrogen and oxygen atoms in total. The van der Waals surface area contributed by atoms with Crippen LogP contribution in [-0.2, 0) is 16.1 Å². The lowest BCUT2D eigenvalue weighted by Gasteiger charge is -2.18. The van der Waals surface area contributed by atoms with Gasteiger partial charge < -0.3 is 4.90 Å². The molecule has 0 saturated carbocycles. The highest BCUT2D eigenvalue weighted by atomic mass is 79.9. The second-order valence-corrected chi connectivity index (χ2v) is 10.3. The molecule has 2 amide bonds. The van der Waals surface area contributed by atoms with Crippen LogP contribution < -0.4 is 11.0 Å². The standard InChI is InChI=1S/C25H25BrN4O3S/c1-16(2)10-11-34-25-27-21-13-19(26)8-9-20(21)24(33)30(25)28-23(32)18-12-22(31)29(15-18)14-17-6-4-3-5-7-17/h3-10,13,18H,11-12,14-15H2,1-2H3,(H,28,32). The van der Waals surface area contributed by atoms with Gasteiger partial charge in [0.15, 0.2) is 5.16 Å². The van der Waals surface area contributed by atoms with Crippen molar-refractivity contribution in [3.05, 3.63) is 80.6 Å². The number of rotatable bonds is 7. The van der Waals surface area contributed by atoms with Gasteiger partial charge in [-0.3, -0.25) is 19.8 Å². The Morgan fingerprint density at radius 2 is 1.97 bits per heavy atom. The van der Waals surface area contributed by atoms with E-state index in [0.29, 0.717) is 34.9 Å². The topological polar surface area (TPSA) is 84.3 Å². The Morgan fingerprint density at radius 3 is 2.71 bits per heavy atom. The third-order valence-corrected chi connectivity index (χ3v) is 6.89. The maximum Gasteiger partial charge on any atom is 0.281 e. The maximum atomic E-state index is 13.3.